The molecule has 0 radical (unpaired) electrons. The van der Waals surface area contributed by atoms with Crippen molar-refractivity contribution in [3.63, 3.8) is 0 Å². The van der Waals surface area contributed by atoms with Crippen molar-refractivity contribution >= 4 is 25.7 Å². The number of fused-ring (bicyclic) bond motifs is 1. The third-order valence-corrected chi connectivity index (χ3v) is 8.63. The molecule has 30 heavy (non-hydrogen) atoms. The summed E-state index contributed by atoms with van der Waals surface area (Å²) in [6.45, 7) is 6.25. The van der Waals surface area contributed by atoms with Gasteiger partial charge in [0.1, 0.15) is 5.75 Å². The summed E-state index contributed by atoms with van der Waals surface area (Å²) in [5.41, 5.74) is 2.32. The molecule has 7 nitrogen and oxygen atoms in total. The van der Waals surface area contributed by atoms with Crippen molar-refractivity contribution in [1.29, 1.82) is 0 Å². The largest absolute Gasteiger partial charge is 0.492 e. The van der Waals surface area contributed by atoms with Crippen LogP contribution in [0.15, 0.2) is 46.2 Å². The topological polar surface area (TPSA) is 92.8 Å². The Labute approximate surface area is 179 Å². The van der Waals surface area contributed by atoms with Crippen LogP contribution in [0.1, 0.15) is 38.3 Å². The molecule has 0 atom stereocenters. The van der Waals surface area contributed by atoms with E-state index in [1.54, 1.807) is 32.9 Å². The maximum Gasteiger partial charge on any atom is 0.262 e. The number of hydrogen-bond donors (Lipinski definition) is 1. The monoisotopic (exact) mass is 452 g/mol. The Morgan fingerprint density at radius 1 is 0.900 bits per heavy atom. The SMILES string of the molecule is CCOc1ccc(S(=O)(=O)N(CC)CC)cc1NS(=O)(=O)c1ccc2c(c1)CCC2. The van der Waals surface area contributed by atoms with Gasteiger partial charge >= 0.3 is 0 Å². The summed E-state index contributed by atoms with van der Waals surface area (Å²) in [6.07, 6.45) is 2.84. The molecule has 2 aromatic carbocycles. The van der Waals surface area contributed by atoms with Gasteiger partial charge in [0.25, 0.3) is 10.0 Å². The Balaban J connectivity index is 2.01. The van der Waals surface area contributed by atoms with Gasteiger partial charge in [-0.15, -0.1) is 0 Å². The van der Waals surface area contributed by atoms with Crippen molar-refractivity contribution in [2.45, 2.75) is 49.8 Å². The summed E-state index contributed by atoms with van der Waals surface area (Å²) in [6, 6.07) is 9.38. The molecule has 0 spiro atoms. The second-order valence-electron chi connectivity index (χ2n) is 7.07. The quantitative estimate of drug-likeness (QED) is 0.629. The number of sulfonamides is 2. The highest BCUT2D eigenvalue weighted by Gasteiger charge is 2.25. The van der Waals surface area contributed by atoms with Crippen LogP contribution in [-0.4, -0.2) is 40.8 Å². The summed E-state index contributed by atoms with van der Waals surface area (Å²) in [7, 11) is -7.65. The Kier molecular flexibility index (Phi) is 6.74. The molecule has 164 valence electrons. The van der Waals surface area contributed by atoms with Crippen molar-refractivity contribution < 1.29 is 21.6 Å². The van der Waals surface area contributed by atoms with Gasteiger partial charge in [0.15, 0.2) is 0 Å². The molecular weight excluding hydrogens is 424 g/mol. The fraction of sp³-hybridized carbons (Fsp3) is 0.429. The van der Waals surface area contributed by atoms with Crippen LogP contribution in [0, 0.1) is 0 Å². The van der Waals surface area contributed by atoms with Crippen LogP contribution < -0.4 is 9.46 Å². The molecule has 0 unspecified atom stereocenters. The first-order valence-electron chi connectivity index (χ1n) is 10.1. The molecule has 9 heteroatoms. The lowest BCUT2D eigenvalue weighted by molar-refractivity contribution is 0.341. The van der Waals surface area contributed by atoms with E-state index >= 15 is 0 Å². The molecule has 0 heterocycles. The fourth-order valence-corrected chi connectivity index (χ4v) is 6.26. The fourth-order valence-electron chi connectivity index (χ4n) is 3.66. The summed E-state index contributed by atoms with van der Waals surface area (Å²) < 4.78 is 61.2. The van der Waals surface area contributed by atoms with Gasteiger partial charge in [-0.2, -0.15) is 4.31 Å². The van der Waals surface area contributed by atoms with E-state index in [1.165, 1.54) is 28.1 Å². The molecule has 0 saturated heterocycles. The van der Waals surface area contributed by atoms with Crippen LogP contribution >= 0.6 is 0 Å². The summed E-state index contributed by atoms with van der Waals surface area (Å²) in [5, 5.41) is 0. The van der Waals surface area contributed by atoms with Crippen LogP contribution in [0.5, 0.6) is 5.75 Å². The number of hydrogen-bond acceptors (Lipinski definition) is 5. The predicted octanol–water partition coefficient (Wildman–Crippen LogP) is 3.41. The average Bonchev–Trinajstić information content (AvgIpc) is 3.18. The molecule has 0 aromatic heterocycles. The number of nitrogens with zero attached hydrogens (tertiary/aromatic N) is 1. The third kappa shape index (κ3) is 4.48. The maximum atomic E-state index is 13.0. The van der Waals surface area contributed by atoms with E-state index in [2.05, 4.69) is 4.72 Å². The third-order valence-electron chi connectivity index (χ3n) is 5.22. The van der Waals surface area contributed by atoms with E-state index in [1.807, 2.05) is 6.07 Å². The second kappa shape index (κ2) is 8.95. The van der Waals surface area contributed by atoms with Crippen LogP contribution in [0.25, 0.3) is 0 Å². The van der Waals surface area contributed by atoms with Gasteiger partial charge in [-0.3, -0.25) is 4.72 Å². The van der Waals surface area contributed by atoms with Gasteiger partial charge in [0.05, 0.1) is 22.1 Å². The average molecular weight is 453 g/mol. The molecule has 0 amide bonds. The van der Waals surface area contributed by atoms with E-state index in [0.29, 0.717) is 19.7 Å². The van der Waals surface area contributed by atoms with Gasteiger partial charge < -0.3 is 4.74 Å². The molecule has 1 aliphatic rings. The smallest absolute Gasteiger partial charge is 0.262 e. The van der Waals surface area contributed by atoms with Gasteiger partial charge in [0.2, 0.25) is 10.0 Å². The minimum Gasteiger partial charge on any atom is -0.492 e. The number of anilines is 1. The number of aryl methyl sites for hydroxylation is 2. The van der Waals surface area contributed by atoms with Gasteiger partial charge in [-0.25, -0.2) is 16.8 Å². The van der Waals surface area contributed by atoms with Crippen molar-refractivity contribution in [3.05, 3.63) is 47.5 Å². The number of rotatable bonds is 9. The zero-order valence-electron chi connectivity index (χ0n) is 17.5. The molecule has 1 aliphatic carbocycles. The molecule has 2 aromatic rings. The van der Waals surface area contributed by atoms with Gasteiger partial charge in [-0.1, -0.05) is 19.9 Å². The summed E-state index contributed by atoms with van der Waals surface area (Å²) in [4.78, 5) is 0.170. The van der Waals surface area contributed by atoms with Crippen molar-refractivity contribution in [2.24, 2.45) is 0 Å². The minimum absolute atomic E-state index is 0.0151. The van der Waals surface area contributed by atoms with E-state index in [0.717, 1.165) is 24.8 Å². The van der Waals surface area contributed by atoms with E-state index in [9.17, 15) is 16.8 Å². The predicted molar refractivity (Wildman–Crippen MR) is 117 cm³/mol. The highest BCUT2D eigenvalue weighted by molar-refractivity contribution is 7.92. The maximum absolute atomic E-state index is 13.0. The lowest BCUT2D eigenvalue weighted by Gasteiger charge is -2.20. The number of nitrogens with one attached hydrogen (secondary N) is 1. The van der Waals surface area contributed by atoms with Crippen molar-refractivity contribution in [1.82, 2.24) is 4.31 Å². The zero-order chi connectivity index (χ0) is 21.9. The van der Waals surface area contributed by atoms with Crippen molar-refractivity contribution in [3.8, 4) is 5.75 Å². The Bertz CT molecular complexity index is 1120. The van der Waals surface area contributed by atoms with Crippen LogP contribution in [0.3, 0.4) is 0 Å². The van der Waals surface area contributed by atoms with Crippen LogP contribution in [0.4, 0.5) is 5.69 Å². The number of benzene rings is 2. The summed E-state index contributed by atoms with van der Waals surface area (Å²) >= 11 is 0. The first kappa shape index (κ1) is 22.6. The summed E-state index contributed by atoms with van der Waals surface area (Å²) in [5.74, 6) is 0.278. The zero-order valence-corrected chi connectivity index (χ0v) is 19.1. The number of ether oxygens (including phenoxy) is 1. The lowest BCUT2D eigenvalue weighted by atomic mass is 10.1. The second-order valence-corrected chi connectivity index (χ2v) is 10.7. The molecule has 0 fully saturated rings. The standard InChI is InChI=1S/C21H28N2O5S2/c1-4-23(5-2)30(26,27)19-12-13-21(28-6-3)20(15-19)22-29(24,25)18-11-10-16-8-7-9-17(16)14-18/h10-15,22H,4-9H2,1-3H3. The van der Waals surface area contributed by atoms with E-state index in [-0.39, 0.29) is 21.2 Å². The molecule has 1 N–H and O–H groups in total. The molecular formula is C21H28N2O5S2. The van der Waals surface area contributed by atoms with Crippen molar-refractivity contribution in [2.75, 3.05) is 24.4 Å². The first-order valence-corrected chi connectivity index (χ1v) is 13.1. The molecule has 3 rings (SSSR count). The molecule has 0 saturated carbocycles. The van der Waals surface area contributed by atoms with Gasteiger partial charge in [0, 0.05) is 13.1 Å². The first-order chi connectivity index (χ1) is 14.2. The highest BCUT2D eigenvalue weighted by Crippen LogP contribution is 2.32. The van der Waals surface area contributed by atoms with Crippen LogP contribution in [0.2, 0.25) is 0 Å². The van der Waals surface area contributed by atoms with Gasteiger partial charge in [-0.05, 0) is 67.6 Å². The Morgan fingerprint density at radius 3 is 2.23 bits per heavy atom. The normalized spacial score (nSPS) is 14.0. The molecule has 0 bridgehead atoms. The Morgan fingerprint density at radius 2 is 1.57 bits per heavy atom. The molecule has 0 aliphatic heterocycles. The van der Waals surface area contributed by atoms with E-state index < -0.39 is 20.0 Å². The highest BCUT2D eigenvalue weighted by atomic mass is 32.2. The Hall–Kier alpha value is -2.10. The minimum atomic E-state index is -3.91. The lowest BCUT2D eigenvalue weighted by Crippen LogP contribution is -2.30. The van der Waals surface area contributed by atoms with E-state index in [4.69, 9.17) is 4.74 Å². The van der Waals surface area contributed by atoms with Crippen LogP contribution in [-0.2, 0) is 32.9 Å².